The van der Waals surface area contributed by atoms with Gasteiger partial charge in [-0.05, 0) is 0 Å². The second-order valence-electron chi connectivity index (χ2n) is 2.48. The lowest BCUT2D eigenvalue weighted by molar-refractivity contribution is -0.115. The summed E-state index contributed by atoms with van der Waals surface area (Å²) in [6.45, 7) is 2.73. The molecule has 1 rings (SSSR count). The van der Waals surface area contributed by atoms with Crippen LogP contribution in [0.2, 0.25) is 0 Å². The maximum absolute atomic E-state index is 11.1. The van der Waals surface area contributed by atoms with Gasteiger partial charge in [0.25, 0.3) is 5.91 Å². The zero-order chi connectivity index (χ0) is 8.97. The van der Waals surface area contributed by atoms with E-state index >= 15 is 0 Å². The molecule has 1 heterocycles. The summed E-state index contributed by atoms with van der Waals surface area (Å²) in [4.78, 5) is 13.3. The molecule has 1 aliphatic rings. The van der Waals surface area contributed by atoms with Gasteiger partial charge in [-0.1, -0.05) is 12.2 Å². The summed E-state index contributed by atoms with van der Waals surface area (Å²) in [5, 5.41) is 2.50. The molecule has 0 saturated carbocycles. The largest absolute Gasteiger partial charge is 0.378 e. The maximum atomic E-state index is 11.1. The summed E-state index contributed by atoms with van der Waals surface area (Å²) in [5.74, 6) is -0.188. The molecule has 1 aliphatic heterocycles. The number of carbonyl (C=O) groups excluding carboxylic acids is 1. The summed E-state index contributed by atoms with van der Waals surface area (Å²) in [7, 11) is 1.58. The van der Waals surface area contributed by atoms with E-state index in [1.54, 1.807) is 7.05 Å². The van der Waals surface area contributed by atoms with Crippen LogP contribution in [0.1, 0.15) is 0 Å². The molecule has 0 aromatic carbocycles. The molecule has 0 aromatic rings. The minimum Gasteiger partial charge on any atom is -0.378 e. The van der Waals surface area contributed by atoms with E-state index in [9.17, 15) is 4.79 Å². The van der Waals surface area contributed by atoms with Gasteiger partial charge in [-0.25, -0.2) is 0 Å². The van der Waals surface area contributed by atoms with Gasteiger partial charge in [0.2, 0.25) is 0 Å². The van der Waals surface area contributed by atoms with Gasteiger partial charge >= 0.3 is 0 Å². The lowest BCUT2D eigenvalue weighted by atomic mass is 10.4. The molecule has 0 spiro atoms. The number of morpholine rings is 1. The van der Waals surface area contributed by atoms with E-state index in [1.165, 1.54) is 0 Å². The zero-order valence-electron chi connectivity index (χ0n) is 7.00. The molecular weight excluding hydrogens is 176 g/mol. The fourth-order valence-electron chi connectivity index (χ4n) is 1.02. The number of carbonyl (C=O) groups is 1. The second-order valence-corrected chi connectivity index (χ2v) is 2.87. The molecule has 1 saturated heterocycles. The Kier molecular flexibility index (Phi) is 3.43. The summed E-state index contributed by atoms with van der Waals surface area (Å²) in [6.07, 6.45) is 0. The molecule has 0 atom stereocenters. The topological polar surface area (TPSA) is 41.6 Å². The second kappa shape index (κ2) is 4.37. The molecule has 5 heteroatoms. The Bertz CT molecular complexity index is 190. The average molecular weight is 188 g/mol. The van der Waals surface area contributed by atoms with Crippen LogP contribution in [-0.2, 0) is 9.53 Å². The van der Waals surface area contributed by atoms with Gasteiger partial charge in [0, 0.05) is 20.1 Å². The third-order valence-corrected chi connectivity index (χ3v) is 2.16. The standard InChI is InChI=1S/C7H12N2O2S/c1-8-6(10)7(12)9-2-4-11-5-3-9/h2-5H2,1H3,(H,8,10). The Hall–Kier alpha value is -0.680. The number of nitrogens with zero attached hydrogens (tertiary/aromatic N) is 1. The number of ether oxygens (including phenoxy) is 1. The Labute approximate surface area is 76.9 Å². The van der Waals surface area contributed by atoms with Crippen molar-refractivity contribution in [2.75, 3.05) is 33.4 Å². The molecule has 0 bridgehead atoms. The highest BCUT2D eigenvalue weighted by Gasteiger charge is 2.18. The van der Waals surface area contributed by atoms with Gasteiger partial charge < -0.3 is 15.0 Å². The molecule has 68 valence electrons. The van der Waals surface area contributed by atoms with Gasteiger partial charge in [-0.3, -0.25) is 4.79 Å². The maximum Gasteiger partial charge on any atom is 0.278 e. The van der Waals surface area contributed by atoms with E-state index < -0.39 is 0 Å². The normalized spacial score (nSPS) is 17.2. The highest BCUT2D eigenvalue weighted by molar-refractivity contribution is 7.82. The van der Waals surface area contributed by atoms with Crippen LogP contribution in [0.4, 0.5) is 0 Å². The quantitative estimate of drug-likeness (QED) is 0.515. The van der Waals surface area contributed by atoms with Gasteiger partial charge in [0.05, 0.1) is 13.2 Å². The van der Waals surface area contributed by atoms with Crippen LogP contribution < -0.4 is 5.32 Å². The molecule has 1 N–H and O–H groups in total. The van der Waals surface area contributed by atoms with Crippen LogP contribution >= 0.6 is 12.2 Å². The van der Waals surface area contributed by atoms with Crippen molar-refractivity contribution in [1.82, 2.24) is 10.2 Å². The summed E-state index contributed by atoms with van der Waals surface area (Å²) in [6, 6.07) is 0. The Morgan fingerprint density at radius 2 is 2.08 bits per heavy atom. The first-order chi connectivity index (χ1) is 5.75. The molecule has 0 unspecified atom stereocenters. The van der Waals surface area contributed by atoms with Crippen LogP contribution in [-0.4, -0.2) is 49.1 Å². The van der Waals surface area contributed by atoms with E-state index in [1.807, 2.05) is 4.90 Å². The molecule has 4 nitrogen and oxygen atoms in total. The van der Waals surface area contributed by atoms with Crippen molar-refractivity contribution in [3.8, 4) is 0 Å². The fourth-order valence-corrected chi connectivity index (χ4v) is 1.30. The van der Waals surface area contributed by atoms with E-state index in [0.717, 1.165) is 0 Å². The lowest BCUT2D eigenvalue weighted by Gasteiger charge is -2.27. The first-order valence-electron chi connectivity index (χ1n) is 3.84. The van der Waals surface area contributed by atoms with Crippen molar-refractivity contribution in [3.63, 3.8) is 0 Å². The average Bonchev–Trinajstić information content (AvgIpc) is 2.17. The number of thiocarbonyl (C=S) groups is 1. The molecule has 1 amide bonds. The number of nitrogens with one attached hydrogen (secondary N) is 1. The zero-order valence-corrected chi connectivity index (χ0v) is 7.82. The van der Waals surface area contributed by atoms with Crippen LogP contribution in [0.15, 0.2) is 0 Å². The van der Waals surface area contributed by atoms with Gasteiger partial charge in [0.1, 0.15) is 0 Å². The molecule has 0 radical (unpaired) electrons. The highest BCUT2D eigenvalue weighted by atomic mass is 32.1. The van der Waals surface area contributed by atoms with E-state index in [0.29, 0.717) is 31.3 Å². The van der Waals surface area contributed by atoms with Gasteiger partial charge in [0.15, 0.2) is 4.99 Å². The third-order valence-electron chi connectivity index (χ3n) is 1.72. The van der Waals surface area contributed by atoms with Crippen molar-refractivity contribution >= 4 is 23.1 Å². The van der Waals surface area contributed by atoms with Crippen LogP contribution in [0, 0.1) is 0 Å². The van der Waals surface area contributed by atoms with Crippen molar-refractivity contribution in [1.29, 1.82) is 0 Å². The number of rotatable bonds is 0. The molecule has 0 aliphatic carbocycles. The predicted molar refractivity (Wildman–Crippen MR) is 49.1 cm³/mol. The molecular formula is C7H12N2O2S. The summed E-state index contributed by atoms with van der Waals surface area (Å²) >= 11 is 4.95. The van der Waals surface area contributed by atoms with E-state index in [2.05, 4.69) is 5.32 Å². The molecule has 0 aromatic heterocycles. The first kappa shape index (κ1) is 9.41. The minimum absolute atomic E-state index is 0.188. The van der Waals surface area contributed by atoms with Crippen molar-refractivity contribution in [2.24, 2.45) is 0 Å². The Morgan fingerprint density at radius 1 is 1.50 bits per heavy atom. The van der Waals surface area contributed by atoms with Crippen molar-refractivity contribution in [2.45, 2.75) is 0 Å². The third kappa shape index (κ3) is 2.15. The Balaban J connectivity index is 2.45. The fraction of sp³-hybridized carbons (Fsp3) is 0.714. The van der Waals surface area contributed by atoms with Gasteiger partial charge in [-0.2, -0.15) is 0 Å². The summed E-state index contributed by atoms with van der Waals surface area (Å²) in [5.41, 5.74) is 0. The van der Waals surface area contributed by atoms with Crippen LogP contribution in [0.3, 0.4) is 0 Å². The van der Waals surface area contributed by atoms with Crippen LogP contribution in [0.5, 0.6) is 0 Å². The molecule has 12 heavy (non-hydrogen) atoms. The number of hydrogen-bond donors (Lipinski definition) is 1. The summed E-state index contributed by atoms with van der Waals surface area (Å²) < 4.78 is 5.13. The highest BCUT2D eigenvalue weighted by Crippen LogP contribution is 1.98. The first-order valence-corrected chi connectivity index (χ1v) is 4.25. The minimum atomic E-state index is -0.188. The number of likely N-dealkylation sites (N-methyl/N-ethyl adjacent to an activating group) is 1. The molecule has 1 fully saturated rings. The smallest absolute Gasteiger partial charge is 0.278 e. The van der Waals surface area contributed by atoms with Crippen molar-refractivity contribution < 1.29 is 9.53 Å². The van der Waals surface area contributed by atoms with Crippen molar-refractivity contribution in [3.05, 3.63) is 0 Å². The van der Waals surface area contributed by atoms with Gasteiger partial charge in [-0.15, -0.1) is 0 Å². The SMILES string of the molecule is CNC(=O)C(=S)N1CCOCC1. The predicted octanol–water partition coefficient (Wildman–Crippen LogP) is -0.608. The number of amides is 1. The Morgan fingerprint density at radius 3 is 2.58 bits per heavy atom. The van der Waals surface area contributed by atoms with E-state index in [-0.39, 0.29) is 5.91 Å². The van der Waals surface area contributed by atoms with E-state index in [4.69, 9.17) is 17.0 Å². The number of hydrogen-bond acceptors (Lipinski definition) is 3. The monoisotopic (exact) mass is 188 g/mol. The van der Waals surface area contributed by atoms with Crippen LogP contribution in [0.25, 0.3) is 0 Å². The lowest BCUT2D eigenvalue weighted by Crippen LogP contribution is -2.46.